The SMILES string of the molecule is CC[C@H](C)N(CC(=O)N1CCCN(c2ccc(-c3cccc(OC)c3)nn2)CC1)C(=O)c1cccc(OC)c1. The van der Waals surface area contributed by atoms with Crippen molar-refractivity contribution in [3.8, 4) is 22.8 Å². The van der Waals surface area contributed by atoms with Gasteiger partial charge in [0.05, 0.1) is 19.9 Å². The van der Waals surface area contributed by atoms with Crippen LogP contribution in [0, 0.1) is 0 Å². The largest absolute Gasteiger partial charge is 0.497 e. The zero-order valence-corrected chi connectivity index (χ0v) is 23.2. The fraction of sp³-hybridized carbons (Fsp3) is 0.400. The smallest absolute Gasteiger partial charge is 0.254 e. The van der Waals surface area contributed by atoms with Gasteiger partial charge in [-0.2, -0.15) is 0 Å². The fourth-order valence-corrected chi connectivity index (χ4v) is 4.64. The van der Waals surface area contributed by atoms with Gasteiger partial charge in [-0.1, -0.05) is 25.1 Å². The Kier molecular flexibility index (Phi) is 9.35. The van der Waals surface area contributed by atoms with Crippen LogP contribution in [0.5, 0.6) is 11.5 Å². The monoisotopic (exact) mass is 531 g/mol. The maximum absolute atomic E-state index is 13.4. The summed E-state index contributed by atoms with van der Waals surface area (Å²) >= 11 is 0. The molecule has 2 amide bonds. The molecule has 0 spiro atoms. The van der Waals surface area contributed by atoms with Crippen LogP contribution in [-0.4, -0.2) is 84.8 Å². The molecule has 39 heavy (non-hydrogen) atoms. The molecular weight excluding hydrogens is 494 g/mol. The Balaban J connectivity index is 1.40. The number of amides is 2. The van der Waals surface area contributed by atoms with E-state index in [-0.39, 0.29) is 24.4 Å². The summed E-state index contributed by atoms with van der Waals surface area (Å²) in [6.45, 7) is 6.64. The molecule has 0 aliphatic carbocycles. The summed E-state index contributed by atoms with van der Waals surface area (Å²) in [5, 5.41) is 8.90. The second-order valence-corrected chi connectivity index (χ2v) is 9.65. The van der Waals surface area contributed by atoms with Crippen LogP contribution in [0.15, 0.2) is 60.7 Å². The maximum atomic E-state index is 13.4. The Morgan fingerprint density at radius 2 is 1.67 bits per heavy atom. The molecule has 1 atom stereocenters. The lowest BCUT2D eigenvalue weighted by molar-refractivity contribution is -0.132. The first-order valence-corrected chi connectivity index (χ1v) is 13.4. The minimum atomic E-state index is -0.167. The lowest BCUT2D eigenvalue weighted by atomic mass is 10.1. The standard InChI is InChI=1S/C30H37N5O4/c1-5-22(2)35(30(37)24-10-7-12-26(20-24)39-4)21-29(36)34-16-8-15-33(17-18-34)28-14-13-27(31-32-28)23-9-6-11-25(19-23)38-3/h6-7,9-14,19-20,22H,5,8,15-18,21H2,1-4H3/t22-/m0/s1. The third-order valence-corrected chi connectivity index (χ3v) is 7.19. The summed E-state index contributed by atoms with van der Waals surface area (Å²) in [7, 11) is 3.21. The van der Waals surface area contributed by atoms with Crippen molar-refractivity contribution < 1.29 is 19.1 Å². The number of nitrogens with zero attached hydrogens (tertiary/aromatic N) is 5. The van der Waals surface area contributed by atoms with Gasteiger partial charge in [0.15, 0.2) is 5.82 Å². The Labute approximate surface area is 230 Å². The van der Waals surface area contributed by atoms with Gasteiger partial charge < -0.3 is 24.2 Å². The van der Waals surface area contributed by atoms with Crippen LogP contribution >= 0.6 is 0 Å². The van der Waals surface area contributed by atoms with Gasteiger partial charge in [0.2, 0.25) is 5.91 Å². The minimum Gasteiger partial charge on any atom is -0.497 e. The Morgan fingerprint density at radius 3 is 2.36 bits per heavy atom. The van der Waals surface area contributed by atoms with E-state index in [1.807, 2.05) is 55.1 Å². The number of carbonyl (C=O) groups excluding carboxylic acids is 2. The highest BCUT2D eigenvalue weighted by molar-refractivity contribution is 5.97. The number of rotatable bonds is 9. The predicted molar refractivity (Wildman–Crippen MR) is 151 cm³/mol. The molecule has 1 aromatic heterocycles. The van der Waals surface area contributed by atoms with Gasteiger partial charge in [0, 0.05) is 43.3 Å². The molecule has 1 saturated heterocycles. The average Bonchev–Trinajstić information content (AvgIpc) is 3.26. The van der Waals surface area contributed by atoms with E-state index in [1.54, 1.807) is 43.4 Å². The van der Waals surface area contributed by atoms with Crippen molar-refractivity contribution in [3.63, 3.8) is 0 Å². The molecule has 3 aromatic rings. The topological polar surface area (TPSA) is 88.1 Å². The summed E-state index contributed by atoms with van der Waals surface area (Å²) in [4.78, 5) is 32.4. The van der Waals surface area contributed by atoms with E-state index in [2.05, 4.69) is 15.1 Å². The van der Waals surface area contributed by atoms with Crippen LogP contribution in [0.1, 0.15) is 37.0 Å². The molecule has 0 unspecified atom stereocenters. The highest BCUT2D eigenvalue weighted by Crippen LogP contribution is 2.23. The van der Waals surface area contributed by atoms with Gasteiger partial charge in [-0.15, -0.1) is 10.2 Å². The molecule has 0 N–H and O–H groups in total. The molecule has 9 nitrogen and oxygen atoms in total. The summed E-state index contributed by atoms with van der Waals surface area (Å²) in [6.07, 6.45) is 1.55. The van der Waals surface area contributed by atoms with Crippen molar-refractivity contribution in [3.05, 3.63) is 66.2 Å². The number of hydrogen-bond acceptors (Lipinski definition) is 7. The second kappa shape index (κ2) is 13.1. The van der Waals surface area contributed by atoms with Crippen molar-refractivity contribution in [2.75, 3.05) is 51.8 Å². The van der Waals surface area contributed by atoms with Gasteiger partial charge in [0.25, 0.3) is 5.91 Å². The summed E-state index contributed by atoms with van der Waals surface area (Å²) in [6, 6.07) is 18.6. The summed E-state index contributed by atoms with van der Waals surface area (Å²) in [5.41, 5.74) is 2.23. The normalized spacial score (nSPS) is 14.4. The zero-order chi connectivity index (χ0) is 27.8. The predicted octanol–water partition coefficient (Wildman–Crippen LogP) is 4.14. The minimum absolute atomic E-state index is 0.0418. The van der Waals surface area contributed by atoms with Gasteiger partial charge in [0.1, 0.15) is 18.0 Å². The maximum Gasteiger partial charge on any atom is 0.254 e. The summed E-state index contributed by atoms with van der Waals surface area (Å²) < 4.78 is 10.6. The number of ether oxygens (including phenoxy) is 2. The van der Waals surface area contributed by atoms with Crippen LogP contribution in [0.3, 0.4) is 0 Å². The molecule has 2 heterocycles. The molecule has 0 saturated carbocycles. The third-order valence-electron chi connectivity index (χ3n) is 7.19. The fourth-order valence-electron chi connectivity index (χ4n) is 4.64. The van der Waals surface area contributed by atoms with Crippen LogP contribution in [0.25, 0.3) is 11.3 Å². The van der Waals surface area contributed by atoms with Gasteiger partial charge >= 0.3 is 0 Å². The number of benzene rings is 2. The number of methoxy groups -OCH3 is 2. The van der Waals surface area contributed by atoms with E-state index in [0.717, 1.165) is 42.2 Å². The van der Waals surface area contributed by atoms with E-state index >= 15 is 0 Å². The molecule has 0 radical (unpaired) electrons. The highest BCUT2D eigenvalue weighted by Gasteiger charge is 2.27. The van der Waals surface area contributed by atoms with Crippen molar-refractivity contribution in [2.45, 2.75) is 32.7 Å². The van der Waals surface area contributed by atoms with Crippen LogP contribution < -0.4 is 14.4 Å². The molecular formula is C30H37N5O4. The first kappa shape index (κ1) is 27.9. The lowest BCUT2D eigenvalue weighted by Gasteiger charge is -2.31. The van der Waals surface area contributed by atoms with Gasteiger partial charge in [-0.05, 0) is 62.2 Å². The van der Waals surface area contributed by atoms with Crippen molar-refractivity contribution in [1.82, 2.24) is 20.0 Å². The van der Waals surface area contributed by atoms with Crippen molar-refractivity contribution in [2.24, 2.45) is 0 Å². The molecule has 9 heteroatoms. The van der Waals surface area contributed by atoms with Gasteiger partial charge in [-0.25, -0.2) is 0 Å². The number of carbonyl (C=O) groups is 2. The Morgan fingerprint density at radius 1 is 0.923 bits per heavy atom. The Hall–Kier alpha value is -4.14. The molecule has 2 aromatic carbocycles. The van der Waals surface area contributed by atoms with Gasteiger partial charge in [-0.3, -0.25) is 9.59 Å². The average molecular weight is 532 g/mol. The van der Waals surface area contributed by atoms with E-state index < -0.39 is 0 Å². The number of anilines is 1. The Bertz CT molecular complexity index is 1270. The molecule has 1 fully saturated rings. The molecule has 0 bridgehead atoms. The van der Waals surface area contributed by atoms with E-state index in [4.69, 9.17) is 9.47 Å². The van der Waals surface area contributed by atoms with E-state index in [1.165, 1.54) is 0 Å². The first-order chi connectivity index (χ1) is 18.9. The molecule has 1 aliphatic rings. The second-order valence-electron chi connectivity index (χ2n) is 9.65. The zero-order valence-electron chi connectivity index (χ0n) is 23.2. The molecule has 4 rings (SSSR count). The third kappa shape index (κ3) is 6.85. The van der Waals surface area contributed by atoms with Crippen molar-refractivity contribution in [1.29, 1.82) is 0 Å². The van der Waals surface area contributed by atoms with E-state index in [9.17, 15) is 9.59 Å². The molecule has 1 aliphatic heterocycles. The lowest BCUT2D eigenvalue weighted by Crippen LogP contribution is -2.47. The van der Waals surface area contributed by atoms with Crippen LogP contribution in [0.2, 0.25) is 0 Å². The highest BCUT2D eigenvalue weighted by atomic mass is 16.5. The molecule has 206 valence electrons. The first-order valence-electron chi connectivity index (χ1n) is 13.4. The number of hydrogen-bond donors (Lipinski definition) is 0. The van der Waals surface area contributed by atoms with Crippen LogP contribution in [0.4, 0.5) is 5.82 Å². The van der Waals surface area contributed by atoms with Crippen molar-refractivity contribution >= 4 is 17.6 Å². The number of aromatic nitrogens is 2. The summed E-state index contributed by atoms with van der Waals surface area (Å²) in [5.74, 6) is 1.95. The van der Waals surface area contributed by atoms with Crippen LogP contribution in [-0.2, 0) is 4.79 Å². The van der Waals surface area contributed by atoms with E-state index in [0.29, 0.717) is 30.9 Å². The quantitative estimate of drug-likeness (QED) is 0.410.